The van der Waals surface area contributed by atoms with E-state index in [2.05, 4.69) is 26.1 Å². The topological polar surface area (TPSA) is 104 Å². The number of nitriles is 1. The van der Waals surface area contributed by atoms with Gasteiger partial charge in [0.05, 0.1) is 29.9 Å². The summed E-state index contributed by atoms with van der Waals surface area (Å²) in [6.45, 7) is 1.54. The second-order valence-electron chi connectivity index (χ2n) is 7.63. The second kappa shape index (κ2) is 9.07. The number of rotatable bonds is 4. The number of alkyl halides is 4. The highest BCUT2D eigenvalue weighted by molar-refractivity contribution is 9.08. The summed E-state index contributed by atoms with van der Waals surface area (Å²) >= 11 is 3.38. The number of esters is 1. The summed E-state index contributed by atoms with van der Waals surface area (Å²) in [4.78, 5) is 27.3. The lowest BCUT2D eigenvalue weighted by molar-refractivity contribution is -0.138. The molecule has 0 radical (unpaired) electrons. The zero-order valence-corrected chi connectivity index (χ0v) is 19.9. The molecular weight excluding hydrogens is 531 g/mol. The first-order valence-corrected chi connectivity index (χ1v) is 11.3. The molecule has 1 N–H and O–H groups in total. The largest absolute Gasteiger partial charge is 0.466 e. The molecule has 0 saturated heterocycles. The summed E-state index contributed by atoms with van der Waals surface area (Å²) < 4.78 is 46.4. The predicted molar refractivity (Wildman–Crippen MR) is 123 cm³/mol. The lowest BCUT2D eigenvalue weighted by atomic mass is 9.90. The minimum Gasteiger partial charge on any atom is -0.466 e. The number of hydrogen-bond acceptors (Lipinski definition) is 6. The highest BCUT2D eigenvalue weighted by atomic mass is 79.9. The first kappa shape index (κ1) is 24.3. The Kier molecular flexibility index (Phi) is 6.29. The summed E-state index contributed by atoms with van der Waals surface area (Å²) in [7, 11) is 1.17. The number of fused-ring (bicyclic) bond motifs is 1. The van der Waals surface area contributed by atoms with Gasteiger partial charge in [-0.2, -0.15) is 18.4 Å². The minimum absolute atomic E-state index is 0.00522. The maximum absolute atomic E-state index is 13.4. The number of nitrogens with zero attached hydrogens (tertiary/aromatic N) is 4. The number of nitrogens with one attached hydrogen (secondary N) is 1. The number of H-pyrrole nitrogens is 1. The van der Waals surface area contributed by atoms with Crippen molar-refractivity contribution in [2.24, 2.45) is 0 Å². The zero-order valence-electron chi connectivity index (χ0n) is 18.4. The van der Waals surface area contributed by atoms with Crippen LogP contribution >= 0.6 is 15.9 Å². The van der Waals surface area contributed by atoms with Crippen LogP contribution < -0.4 is 10.6 Å². The molecule has 1 aliphatic heterocycles. The van der Waals surface area contributed by atoms with Crippen LogP contribution in [-0.4, -0.2) is 27.8 Å². The van der Waals surface area contributed by atoms with Gasteiger partial charge in [0.15, 0.2) is 0 Å². The van der Waals surface area contributed by atoms with Crippen LogP contribution in [0.3, 0.4) is 0 Å². The number of hydrogen-bond donors (Lipinski definition) is 1. The van der Waals surface area contributed by atoms with Gasteiger partial charge in [-0.05, 0) is 48.4 Å². The first-order chi connectivity index (χ1) is 16.6. The number of benzene rings is 2. The molecule has 180 valence electrons. The van der Waals surface area contributed by atoms with Gasteiger partial charge in [-0.3, -0.25) is 4.90 Å². The van der Waals surface area contributed by atoms with E-state index in [0.717, 1.165) is 12.1 Å². The van der Waals surface area contributed by atoms with Gasteiger partial charge in [-0.15, -0.1) is 5.10 Å². The van der Waals surface area contributed by atoms with Gasteiger partial charge in [0.25, 0.3) is 0 Å². The van der Waals surface area contributed by atoms with Crippen LogP contribution in [-0.2, 0) is 21.0 Å². The van der Waals surface area contributed by atoms with E-state index in [0.29, 0.717) is 22.0 Å². The van der Waals surface area contributed by atoms with E-state index in [1.165, 1.54) is 28.7 Å². The van der Waals surface area contributed by atoms with Gasteiger partial charge < -0.3 is 4.74 Å². The van der Waals surface area contributed by atoms with E-state index >= 15 is 0 Å². The molecule has 0 amide bonds. The van der Waals surface area contributed by atoms with Gasteiger partial charge in [0.2, 0.25) is 5.95 Å². The Labute approximate surface area is 205 Å². The number of halogens is 4. The van der Waals surface area contributed by atoms with Gasteiger partial charge in [0.1, 0.15) is 6.04 Å². The van der Waals surface area contributed by atoms with Crippen LogP contribution in [0.15, 0.2) is 58.5 Å². The van der Waals surface area contributed by atoms with Crippen LogP contribution in [0.2, 0.25) is 0 Å². The van der Waals surface area contributed by atoms with E-state index in [-0.39, 0.29) is 22.9 Å². The number of aromatic nitrogens is 3. The third kappa shape index (κ3) is 4.12. The maximum atomic E-state index is 13.4. The molecule has 0 saturated carbocycles. The molecule has 2 aromatic carbocycles. The molecule has 0 unspecified atom stereocenters. The van der Waals surface area contributed by atoms with Crippen molar-refractivity contribution in [1.29, 1.82) is 5.26 Å². The molecule has 0 bridgehead atoms. The van der Waals surface area contributed by atoms with E-state index < -0.39 is 29.4 Å². The van der Waals surface area contributed by atoms with Crippen molar-refractivity contribution in [3.63, 3.8) is 0 Å². The maximum Gasteiger partial charge on any atom is 0.416 e. The van der Waals surface area contributed by atoms with Crippen molar-refractivity contribution < 1.29 is 22.7 Å². The summed E-state index contributed by atoms with van der Waals surface area (Å²) in [6.07, 6.45) is -4.60. The van der Waals surface area contributed by atoms with E-state index in [4.69, 9.17) is 4.74 Å². The van der Waals surface area contributed by atoms with Crippen molar-refractivity contribution >= 4 is 33.5 Å². The van der Waals surface area contributed by atoms with E-state index in [1.807, 2.05) is 6.07 Å². The summed E-state index contributed by atoms with van der Waals surface area (Å²) in [6, 6.07) is 10.3. The Morgan fingerprint density at radius 3 is 2.66 bits per heavy atom. The summed E-state index contributed by atoms with van der Waals surface area (Å²) in [5, 5.41) is 16.0. The number of carbonyl (C=O) groups is 1. The molecule has 0 fully saturated rings. The zero-order chi connectivity index (χ0) is 25.5. The Morgan fingerprint density at radius 2 is 2.03 bits per heavy atom. The number of allylic oxidation sites excluding steroid dienone is 1. The van der Waals surface area contributed by atoms with Gasteiger partial charge in [0, 0.05) is 16.7 Å². The first-order valence-electron chi connectivity index (χ1n) is 10.1. The van der Waals surface area contributed by atoms with Crippen LogP contribution in [0, 0.1) is 11.3 Å². The fourth-order valence-electron chi connectivity index (χ4n) is 4.14. The average molecular weight is 548 g/mol. The molecule has 2 heterocycles. The lowest BCUT2D eigenvalue weighted by Crippen LogP contribution is -2.38. The predicted octanol–water partition coefficient (Wildman–Crippen LogP) is 4.54. The molecule has 35 heavy (non-hydrogen) atoms. The molecule has 0 spiro atoms. The molecule has 12 heteroatoms. The normalized spacial score (nSPS) is 15.6. The molecular formula is C23H17BrF3N5O3. The number of carbonyl (C=O) groups excluding carboxylic acids is 1. The Balaban J connectivity index is 2.03. The third-order valence-corrected chi connectivity index (χ3v) is 6.29. The van der Waals surface area contributed by atoms with Gasteiger partial charge in [-0.25, -0.2) is 19.3 Å². The number of anilines is 2. The minimum atomic E-state index is -4.60. The Bertz CT molecular complexity index is 1450. The molecule has 1 aromatic heterocycles. The molecule has 3 aromatic rings. The summed E-state index contributed by atoms with van der Waals surface area (Å²) in [5.74, 6) is -0.775. The van der Waals surface area contributed by atoms with Crippen molar-refractivity contribution in [2.75, 3.05) is 12.0 Å². The van der Waals surface area contributed by atoms with Crippen LogP contribution in [0.25, 0.3) is 0 Å². The highest BCUT2D eigenvalue weighted by Crippen LogP contribution is 2.43. The van der Waals surface area contributed by atoms with Gasteiger partial charge in [-0.1, -0.05) is 28.1 Å². The fraction of sp³-hybridized carbons (Fsp3) is 0.217. The van der Waals surface area contributed by atoms with Crippen molar-refractivity contribution in [3.05, 3.63) is 86.5 Å². The average Bonchev–Trinajstić information content (AvgIpc) is 3.22. The third-order valence-electron chi connectivity index (χ3n) is 5.69. The number of aromatic amines is 1. The lowest BCUT2D eigenvalue weighted by Gasteiger charge is -2.36. The van der Waals surface area contributed by atoms with Crippen molar-refractivity contribution in [3.8, 4) is 6.07 Å². The SMILES string of the molecule is COC(=O)C1=C(C)N(c2cccc(C(F)(F)F)c2)c2n[nH]c(=O)n2[C@@H]1c1ccc(C#N)cc1CBr. The van der Waals surface area contributed by atoms with Gasteiger partial charge >= 0.3 is 17.8 Å². The van der Waals surface area contributed by atoms with E-state index in [1.54, 1.807) is 25.1 Å². The molecule has 1 aliphatic rings. The highest BCUT2D eigenvalue weighted by Gasteiger charge is 2.40. The monoisotopic (exact) mass is 547 g/mol. The van der Waals surface area contributed by atoms with Crippen LogP contribution in [0.1, 0.15) is 35.2 Å². The fourth-order valence-corrected chi connectivity index (χ4v) is 4.62. The second-order valence-corrected chi connectivity index (χ2v) is 8.20. The Hall–Kier alpha value is -3.85. The molecule has 0 aliphatic carbocycles. The quantitative estimate of drug-likeness (QED) is 0.379. The standard InChI is InChI=1S/C23H17BrF3N5O3/c1-12-18(20(33)35-2)19(17-7-6-13(11-28)8-14(17)10-24)32-21(29-30-22(32)34)31(12)16-5-3-4-15(9-16)23(25,26)27/h3-9,19H,10H2,1-2H3,(H,30,34)/t19-/m1/s1. The van der Waals surface area contributed by atoms with Crippen LogP contribution in [0.4, 0.5) is 24.8 Å². The Morgan fingerprint density at radius 1 is 1.29 bits per heavy atom. The molecule has 8 nitrogen and oxygen atoms in total. The van der Waals surface area contributed by atoms with Crippen LogP contribution in [0.5, 0.6) is 0 Å². The van der Waals surface area contributed by atoms with Crippen molar-refractivity contribution in [2.45, 2.75) is 24.5 Å². The van der Waals surface area contributed by atoms with E-state index in [9.17, 15) is 28.0 Å². The smallest absolute Gasteiger partial charge is 0.416 e. The number of methoxy groups -OCH3 is 1. The van der Waals surface area contributed by atoms with Crippen molar-refractivity contribution in [1.82, 2.24) is 14.8 Å². The number of ether oxygens (including phenoxy) is 1. The summed E-state index contributed by atoms with van der Waals surface area (Å²) in [5.41, 5.74) is 0.278. The molecule has 4 rings (SSSR count). The molecule has 1 atom stereocenters.